The molecule has 1 aromatic carbocycles. The molecular formula is C14H21ClN2O3S. The highest BCUT2D eigenvalue weighted by molar-refractivity contribution is 7.89. The van der Waals surface area contributed by atoms with Gasteiger partial charge in [-0.05, 0) is 44.4 Å². The maximum Gasteiger partial charge on any atom is 0.254 e. The van der Waals surface area contributed by atoms with Crippen LogP contribution in [-0.2, 0) is 16.6 Å². The predicted molar refractivity (Wildman–Crippen MR) is 82.3 cm³/mol. The molecule has 1 heterocycles. The van der Waals surface area contributed by atoms with Crippen molar-refractivity contribution in [3.05, 3.63) is 28.8 Å². The van der Waals surface area contributed by atoms with Gasteiger partial charge in [0.1, 0.15) is 4.90 Å². The van der Waals surface area contributed by atoms with E-state index in [1.165, 1.54) is 12.1 Å². The second-order valence-corrected chi connectivity index (χ2v) is 7.59. The van der Waals surface area contributed by atoms with Crippen molar-refractivity contribution >= 4 is 21.6 Å². The van der Waals surface area contributed by atoms with Crippen LogP contribution in [0.4, 0.5) is 0 Å². The Balaban J connectivity index is 2.29. The molecule has 0 saturated carbocycles. The van der Waals surface area contributed by atoms with E-state index in [1.54, 1.807) is 11.1 Å². The van der Waals surface area contributed by atoms with Gasteiger partial charge in [-0.25, -0.2) is 13.4 Å². The zero-order chi connectivity index (χ0) is 15.6. The Morgan fingerprint density at radius 2 is 1.95 bits per heavy atom. The SMILES string of the molecule is CC1CCCC(C)N1NS(=O)(=O)c1cc(CO)ccc1Cl. The third-order valence-corrected chi connectivity index (χ3v) is 5.70. The number of rotatable bonds is 4. The van der Waals surface area contributed by atoms with E-state index in [0.29, 0.717) is 5.56 Å². The fourth-order valence-corrected chi connectivity index (χ4v) is 4.43. The maximum absolute atomic E-state index is 12.6. The minimum Gasteiger partial charge on any atom is -0.392 e. The van der Waals surface area contributed by atoms with Crippen molar-refractivity contribution in [1.29, 1.82) is 0 Å². The summed E-state index contributed by atoms with van der Waals surface area (Å²) >= 11 is 6.01. The molecule has 0 aromatic heterocycles. The van der Waals surface area contributed by atoms with Gasteiger partial charge in [0.2, 0.25) is 0 Å². The Morgan fingerprint density at radius 1 is 1.33 bits per heavy atom. The van der Waals surface area contributed by atoms with Crippen LogP contribution in [-0.4, -0.2) is 30.6 Å². The Hall–Kier alpha value is -0.660. The molecule has 1 aliphatic rings. The lowest BCUT2D eigenvalue weighted by atomic mass is 10.0. The molecule has 0 radical (unpaired) electrons. The van der Waals surface area contributed by atoms with Gasteiger partial charge in [0.15, 0.2) is 0 Å². The average Bonchev–Trinajstić information content (AvgIpc) is 2.43. The number of piperidine rings is 1. The van der Waals surface area contributed by atoms with E-state index >= 15 is 0 Å². The number of hydrogen-bond donors (Lipinski definition) is 2. The van der Waals surface area contributed by atoms with Crippen molar-refractivity contribution in [2.75, 3.05) is 0 Å². The van der Waals surface area contributed by atoms with E-state index in [1.807, 2.05) is 13.8 Å². The number of hydrazine groups is 1. The highest BCUT2D eigenvalue weighted by atomic mass is 35.5. The standard InChI is InChI=1S/C14H21ClN2O3S/c1-10-4-3-5-11(2)17(10)16-21(19,20)14-8-12(9-18)6-7-13(14)15/h6-8,10-11,16,18H,3-5,9H2,1-2H3. The highest BCUT2D eigenvalue weighted by Gasteiger charge is 2.30. The zero-order valence-corrected chi connectivity index (χ0v) is 13.8. The van der Waals surface area contributed by atoms with Crippen molar-refractivity contribution in [1.82, 2.24) is 9.84 Å². The van der Waals surface area contributed by atoms with Crippen molar-refractivity contribution in [2.45, 2.75) is 56.7 Å². The Kier molecular flexibility index (Phi) is 5.27. The Bertz CT molecular complexity index is 596. The fraction of sp³-hybridized carbons (Fsp3) is 0.571. The van der Waals surface area contributed by atoms with Gasteiger partial charge in [0, 0.05) is 12.1 Å². The number of sulfonamides is 1. The molecule has 7 heteroatoms. The maximum atomic E-state index is 12.6. The van der Waals surface area contributed by atoms with Gasteiger partial charge in [-0.1, -0.05) is 24.1 Å². The predicted octanol–water partition coefficient (Wildman–Crippen LogP) is 2.29. The third-order valence-electron chi connectivity index (χ3n) is 3.89. The summed E-state index contributed by atoms with van der Waals surface area (Å²) in [6, 6.07) is 4.79. The van der Waals surface area contributed by atoms with E-state index in [9.17, 15) is 8.42 Å². The monoisotopic (exact) mass is 332 g/mol. The molecule has 1 saturated heterocycles. The van der Waals surface area contributed by atoms with Gasteiger partial charge in [-0.15, -0.1) is 4.83 Å². The molecule has 2 unspecified atom stereocenters. The lowest BCUT2D eigenvalue weighted by molar-refractivity contribution is 0.0790. The number of nitrogens with zero attached hydrogens (tertiary/aromatic N) is 1. The Morgan fingerprint density at radius 3 is 2.52 bits per heavy atom. The van der Waals surface area contributed by atoms with Crippen LogP contribution in [0.1, 0.15) is 38.7 Å². The number of hydrogen-bond acceptors (Lipinski definition) is 4. The summed E-state index contributed by atoms with van der Waals surface area (Å²) in [5, 5.41) is 11.1. The third kappa shape index (κ3) is 3.76. The van der Waals surface area contributed by atoms with Gasteiger partial charge >= 0.3 is 0 Å². The van der Waals surface area contributed by atoms with Crippen LogP contribution >= 0.6 is 11.6 Å². The average molecular weight is 333 g/mol. The van der Waals surface area contributed by atoms with E-state index in [2.05, 4.69) is 4.83 Å². The summed E-state index contributed by atoms with van der Waals surface area (Å²) in [7, 11) is -3.76. The van der Waals surface area contributed by atoms with E-state index < -0.39 is 10.0 Å². The second-order valence-electron chi connectivity index (χ2n) is 5.55. The largest absolute Gasteiger partial charge is 0.392 e. The van der Waals surface area contributed by atoms with Crippen molar-refractivity contribution < 1.29 is 13.5 Å². The fourth-order valence-electron chi connectivity index (χ4n) is 2.64. The molecule has 0 amide bonds. The minimum absolute atomic E-state index is 0.000639. The molecule has 0 bridgehead atoms. The molecule has 21 heavy (non-hydrogen) atoms. The van der Waals surface area contributed by atoms with Crippen molar-refractivity contribution in [3.8, 4) is 0 Å². The van der Waals surface area contributed by atoms with Crippen LogP contribution in [0.2, 0.25) is 5.02 Å². The molecule has 118 valence electrons. The molecule has 1 aliphatic heterocycles. The summed E-state index contributed by atoms with van der Waals surface area (Å²) < 4.78 is 25.1. The molecule has 0 spiro atoms. The summed E-state index contributed by atoms with van der Waals surface area (Å²) in [4.78, 5) is 2.64. The molecule has 0 aliphatic carbocycles. The van der Waals surface area contributed by atoms with Gasteiger partial charge in [0.05, 0.1) is 11.6 Å². The molecule has 2 N–H and O–H groups in total. The minimum atomic E-state index is -3.76. The molecule has 2 atom stereocenters. The number of benzene rings is 1. The summed E-state index contributed by atoms with van der Waals surface area (Å²) in [6.45, 7) is 3.78. The van der Waals surface area contributed by atoms with Gasteiger partial charge in [-0.3, -0.25) is 0 Å². The molecular weight excluding hydrogens is 312 g/mol. The second kappa shape index (κ2) is 6.62. The van der Waals surface area contributed by atoms with Gasteiger partial charge in [0.25, 0.3) is 10.0 Å². The van der Waals surface area contributed by atoms with Crippen LogP contribution in [0.5, 0.6) is 0 Å². The number of nitrogens with one attached hydrogen (secondary N) is 1. The quantitative estimate of drug-likeness (QED) is 0.887. The molecule has 5 nitrogen and oxygen atoms in total. The molecule has 2 rings (SSSR count). The zero-order valence-electron chi connectivity index (χ0n) is 12.2. The summed E-state index contributed by atoms with van der Waals surface area (Å²) in [6.07, 6.45) is 3.01. The highest BCUT2D eigenvalue weighted by Crippen LogP contribution is 2.26. The smallest absolute Gasteiger partial charge is 0.254 e. The Labute approximate surface area is 130 Å². The van der Waals surface area contributed by atoms with Gasteiger partial charge < -0.3 is 5.11 Å². The topological polar surface area (TPSA) is 69.6 Å². The van der Waals surface area contributed by atoms with Crippen molar-refractivity contribution in [2.24, 2.45) is 0 Å². The van der Waals surface area contributed by atoms with Crippen LogP contribution < -0.4 is 4.83 Å². The molecule has 1 fully saturated rings. The molecule has 1 aromatic rings. The van der Waals surface area contributed by atoms with Crippen LogP contribution in [0.15, 0.2) is 23.1 Å². The normalized spacial score (nSPS) is 24.2. The van der Waals surface area contributed by atoms with Crippen LogP contribution in [0, 0.1) is 0 Å². The van der Waals surface area contributed by atoms with E-state index in [0.717, 1.165) is 19.3 Å². The summed E-state index contributed by atoms with van der Waals surface area (Å²) in [5.41, 5.74) is 0.513. The first-order valence-electron chi connectivity index (χ1n) is 7.05. The lowest BCUT2D eigenvalue weighted by Gasteiger charge is -2.38. The number of aliphatic hydroxyl groups excluding tert-OH is 1. The van der Waals surface area contributed by atoms with E-state index in [4.69, 9.17) is 16.7 Å². The van der Waals surface area contributed by atoms with Gasteiger partial charge in [-0.2, -0.15) is 0 Å². The van der Waals surface area contributed by atoms with Crippen molar-refractivity contribution in [3.63, 3.8) is 0 Å². The van der Waals surface area contributed by atoms with E-state index in [-0.39, 0.29) is 28.6 Å². The lowest BCUT2D eigenvalue weighted by Crippen LogP contribution is -2.53. The first kappa shape index (κ1) is 16.7. The summed E-state index contributed by atoms with van der Waals surface area (Å²) in [5.74, 6) is 0. The first-order valence-corrected chi connectivity index (χ1v) is 8.91. The number of halogens is 1. The van der Waals surface area contributed by atoms with Crippen LogP contribution in [0.25, 0.3) is 0 Å². The van der Waals surface area contributed by atoms with Crippen LogP contribution in [0.3, 0.4) is 0 Å². The number of aliphatic hydroxyl groups is 1. The first-order chi connectivity index (χ1) is 9.85.